The summed E-state index contributed by atoms with van der Waals surface area (Å²) in [7, 11) is 0. The van der Waals surface area contributed by atoms with E-state index < -0.39 is 0 Å². The first-order valence-corrected chi connectivity index (χ1v) is 7.67. The molecule has 0 radical (unpaired) electrons. The minimum Gasteiger partial charge on any atom is -0.306 e. The third-order valence-corrected chi connectivity index (χ3v) is 4.00. The van der Waals surface area contributed by atoms with Gasteiger partial charge in [-0.1, -0.05) is 43.3 Å². The van der Waals surface area contributed by atoms with Crippen LogP contribution in [0.25, 0.3) is 0 Å². The first-order valence-electron chi connectivity index (χ1n) is 6.88. The fourth-order valence-corrected chi connectivity index (χ4v) is 2.71. The van der Waals surface area contributed by atoms with Gasteiger partial charge < -0.3 is 5.32 Å². The molecule has 0 spiro atoms. The maximum atomic E-state index is 14.4. The van der Waals surface area contributed by atoms with Crippen molar-refractivity contribution < 1.29 is 4.39 Å². The highest BCUT2D eigenvalue weighted by atomic mass is 79.9. The molecule has 1 atom stereocenters. The van der Waals surface area contributed by atoms with Gasteiger partial charge >= 0.3 is 0 Å². The second-order valence-electron chi connectivity index (χ2n) is 4.89. The average molecular weight is 336 g/mol. The molecular weight excluding hydrogens is 317 g/mol. The molecule has 0 saturated carbocycles. The van der Waals surface area contributed by atoms with Gasteiger partial charge in [-0.25, -0.2) is 4.39 Å². The summed E-state index contributed by atoms with van der Waals surface area (Å²) in [5.41, 5.74) is 2.97. The molecule has 2 rings (SSSR count). The largest absolute Gasteiger partial charge is 0.306 e. The molecule has 0 saturated heterocycles. The monoisotopic (exact) mass is 335 g/mol. The molecule has 0 aromatic heterocycles. The van der Waals surface area contributed by atoms with E-state index in [1.54, 1.807) is 6.07 Å². The van der Waals surface area contributed by atoms with E-state index in [4.69, 9.17) is 0 Å². The molecule has 1 unspecified atom stereocenters. The van der Waals surface area contributed by atoms with Gasteiger partial charge in [0.25, 0.3) is 0 Å². The van der Waals surface area contributed by atoms with E-state index in [9.17, 15) is 4.39 Å². The van der Waals surface area contributed by atoms with Crippen LogP contribution >= 0.6 is 15.9 Å². The summed E-state index contributed by atoms with van der Waals surface area (Å²) in [5.74, 6) is -0.190. The van der Waals surface area contributed by atoms with Crippen LogP contribution in [0.4, 0.5) is 4.39 Å². The predicted molar refractivity (Wildman–Crippen MR) is 85.4 cm³/mol. The van der Waals surface area contributed by atoms with Gasteiger partial charge in [0.1, 0.15) is 5.82 Å². The van der Waals surface area contributed by atoms with Crippen molar-refractivity contribution in [3.63, 3.8) is 0 Å². The van der Waals surface area contributed by atoms with E-state index >= 15 is 0 Å². The Balaban J connectivity index is 2.47. The summed E-state index contributed by atoms with van der Waals surface area (Å²) in [4.78, 5) is 0. The zero-order chi connectivity index (χ0) is 14.5. The Morgan fingerprint density at radius 2 is 1.80 bits per heavy atom. The van der Waals surface area contributed by atoms with Crippen LogP contribution in [0.5, 0.6) is 0 Å². The standard InChI is InChI=1S/C17H19BrFN/c1-3-11-20-17(13-8-5-4-7-12(13)2)14-9-6-10-15(18)16(14)19/h4-10,17,20H,3,11H2,1-2H3. The molecule has 0 aliphatic carbocycles. The minimum atomic E-state index is -0.190. The maximum absolute atomic E-state index is 14.4. The molecule has 0 aliphatic heterocycles. The Morgan fingerprint density at radius 3 is 2.50 bits per heavy atom. The molecule has 1 N–H and O–H groups in total. The maximum Gasteiger partial charge on any atom is 0.142 e. The van der Waals surface area contributed by atoms with Gasteiger partial charge in [0, 0.05) is 5.56 Å². The molecule has 0 fully saturated rings. The predicted octanol–water partition coefficient (Wildman–Crippen LogP) is 4.99. The highest BCUT2D eigenvalue weighted by Crippen LogP contribution is 2.29. The number of halogens is 2. The zero-order valence-corrected chi connectivity index (χ0v) is 13.4. The van der Waals surface area contributed by atoms with E-state index in [2.05, 4.69) is 47.2 Å². The van der Waals surface area contributed by atoms with E-state index in [0.29, 0.717) is 10.0 Å². The third-order valence-electron chi connectivity index (χ3n) is 3.39. The minimum absolute atomic E-state index is 0.117. The molecule has 2 aromatic rings. The highest BCUT2D eigenvalue weighted by Gasteiger charge is 2.19. The second-order valence-corrected chi connectivity index (χ2v) is 5.74. The molecule has 3 heteroatoms. The molecule has 0 bridgehead atoms. The van der Waals surface area contributed by atoms with Crippen LogP contribution < -0.4 is 5.32 Å². The van der Waals surface area contributed by atoms with Crippen molar-refractivity contribution in [3.8, 4) is 0 Å². The number of nitrogens with one attached hydrogen (secondary N) is 1. The van der Waals surface area contributed by atoms with Gasteiger partial charge in [0.2, 0.25) is 0 Å². The molecule has 0 aliphatic rings. The summed E-state index contributed by atoms with van der Waals surface area (Å²) in [5, 5.41) is 3.45. The van der Waals surface area contributed by atoms with Crippen molar-refractivity contribution in [2.24, 2.45) is 0 Å². The van der Waals surface area contributed by atoms with Crippen LogP contribution in [0.1, 0.15) is 36.1 Å². The van der Waals surface area contributed by atoms with E-state index in [-0.39, 0.29) is 11.9 Å². The van der Waals surface area contributed by atoms with Gasteiger partial charge in [-0.15, -0.1) is 0 Å². The van der Waals surface area contributed by atoms with Gasteiger partial charge in [0.05, 0.1) is 10.5 Å². The second kappa shape index (κ2) is 7.00. The smallest absolute Gasteiger partial charge is 0.142 e. The Kier molecular flexibility index (Phi) is 5.32. The topological polar surface area (TPSA) is 12.0 Å². The van der Waals surface area contributed by atoms with Crippen LogP contribution in [-0.4, -0.2) is 6.54 Å². The van der Waals surface area contributed by atoms with Gasteiger partial charge in [0.15, 0.2) is 0 Å². The first-order chi connectivity index (χ1) is 9.65. The molecule has 0 amide bonds. The van der Waals surface area contributed by atoms with Crippen molar-refractivity contribution in [2.75, 3.05) is 6.54 Å². The first kappa shape index (κ1) is 15.2. The summed E-state index contributed by atoms with van der Waals surface area (Å²) in [6.45, 7) is 5.02. The van der Waals surface area contributed by atoms with Crippen molar-refractivity contribution in [1.82, 2.24) is 5.32 Å². The van der Waals surface area contributed by atoms with E-state index in [1.165, 1.54) is 5.56 Å². The fourth-order valence-electron chi connectivity index (χ4n) is 2.33. The van der Waals surface area contributed by atoms with Crippen LogP contribution in [0, 0.1) is 12.7 Å². The van der Waals surface area contributed by atoms with Crippen molar-refractivity contribution >= 4 is 15.9 Å². The highest BCUT2D eigenvalue weighted by molar-refractivity contribution is 9.10. The van der Waals surface area contributed by atoms with Gasteiger partial charge in [-0.2, -0.15) is 0 Å². The Morgan fingerprint density at radius 1 is 1.10 bits per heavy atom. The van der Waals surface area contributed by atoms with E-state index in [1.807, 2.05) is 24.3 Å². The van der Waals surface area contributed by atoms with Crippen molar-refractivity contribution in [3.05, 3.63) is 69.4 Å². The van der Waals surface area contributed by atoms with Crippen LogP contribution in [0.2, 0.25) is 0 Å². The zero-order valence-electron chi connectivity index (χ0n) is 11.8. The Bertz CT molecular complexity index is 583. The normalized spacial score (nSPS) is 12.4. The summed E-state index contributed by atoms with van der Waals surface area (Å²) in [6, 6.07) is 13.5. The third kappa shape index (κ3) is 3.28. The number of aryl methyl sites for hydroxylation is 1. The van der Waals surface area contributed by atoms with Crippen molar-refractivity contribution in [2.45, 2.75) is 26.3 Å². The molecule has 106 valence electrons. The molecule has 2 aromatic carbocycles. The van der Waals surface area contributed by atoms with Crippen LogP contribution in [0.3, 0.4) is 0 Å². The lowest BCUT2D eigenvalue weighted by Gasteiger charge is -2.22. The van der Waals surface area contributed by atoms with Crippen LogP contribution in [0.15, 0.2) is 46.9 Å². The number of hydrogen-bond donors (Lipinski definition) is 1. The fraction of sp³-hybridized carbons (Fsp3) is 0.294. The SMILES string of the molecule is CCCNC(c1ccccc1C)c1cccc(Br)c1F. The molecule has 20 heavy (non-hydrogen) atoms. The summed E-state index contributed by atoms with van der Waals surface area (Å²) < 4.78 is 14.9. The Labute approximate surface area is 128 Å². The Hall–Kier alpha value is -1.19. The lowest BCUT2D eigenvalue weighted by Crippen LogP contribution is -2.25. The molecular formula is C17H19BrFN. The number of rotatable bonds is 5. The lowest BCUT2D eigenvalue weighted by molar-refractivity contribution is 0.542. The lowest BCUT2D eigenvalue weighted by atomic mass is 9.94. The number of benzene rings is 2. The van der Waals surface area contributed by atoms with Gasteiger partial charge in [-0.05, 0) is 53.0 Å². The molecule has 1 nitrogen and oxygen atoms in total. The van der Waals surface area contributed by atoms with Crippen LogP contribution in [-0.2, 0) is 0 Å². The quantitative estimate of drug-likeness (QED) is 0.811. The van der Waals surface area contributed by atoms with E-state index in [0.717, 1.165) is 18.5 Å². The number of hydrogen-bond acceptors (Lipinski definition) is 1. The average Bonchev–Trinajstić information content (AvgIpc) is 2.45. The summed E-state index contributed by atoms with van der Waals surface area (Å²) >= 11 is 3.27. The van der Waals surface area contributed by atoms with Gasteiger partial charge in [-0.3, -0.25) is 0 Å². The van der Waals surface area contributed by atoms with Crippen molar-refractivity contribution in [1.29, 1.82) is 0 Å². The summed E-state index contributed by atoms with van der Waals surface area (Å²) in [6.07, 6.45) is 1.01. The molecule has 0 heterocycles.